The Bertz CT molecular complexity index is 1220. The number of aromatic nitrogens is 2. The molecule has 3 aromatic heterocycles. The first-order valence-corrected chi connectivity index (χ1v) is 12.5. The summed E-state index contributed by atoms with van der Waals surface area (Å²) in [5, 5.41) is 5.72. The van der Waals surface area contributed by atoms with Gasteiger partial charge >= 0.3 is 0 Å². The van der Waals surface area contributed by atoms with Crippen LogP contribution in [0.3, 0.4) is 0 Å². The molecule has 1 fully saturated rings. The van der Waals surface area contributed by atoms with Gasteiger partial charge in [-0.1, -0.05) is 35.9 Å². The van der Waals surface area contributed by atoms with Crippen LogP contribution in [-0.2, 0) is 6.54 Å². The van der Waals surface area contributed by atoms with Gasteiger partial charge < -0.3 is 9.47 Å². The second-order valence-electron chi connectivity index (χ2n) is 7.71. The molecule has 4 heterocycles. The van der Waals surface area contributed by atoms with E-state index in [4.69, 9.17) is 16.6 Å². The molecule has 4 nitrogen and oxygen atoms in total. The molecular formula is C24H22ClN3OS2. The molecule has 0 radical (unpaired) electrons. The standard InChI is InChI=1S/C24H22ClN3OS2/c1-16-19(24(29)27-10-4-5-11-27)13-22(28(16)14-17-7-6-12-30-17)21-15-31-23(26-21)18-8-2-3-9-20(18)25/h2-3,6-9,12-13,15H,4-5,10-11,14H2,1H3. The molecule has 4 aromatic rings. The minimum Gasteiger partial charge on any atom is -0.339 e. The highest BCUT2D eigenvalue weighted by atomic mass is 35.5. The number of nitrogens with zero attached hydrogens (tertiary/aromatic N) is 3. The van der Waals surface area contributed by atoms with Crippen molar-refractivity contribution in [3.63, 3.8) is 0 Å². The van der Waals surface area contributed by atoms with Crippen LogP contribution in [0.2, 0.25) is 5.02 Å². The van der Waals surface area contributed by atoms with E-state index in [1.165, 1.54) is 4.88 Å². The molecule has 0 aliphatic carbocycles. The number of benzene rings is 1. The number of carbonyl (C=O) groups excluding carboxylic acids is 1. The van der Waals surface area contributed by atoms with Crippen LogP contribution in [0.5, 0.6) is 0 Å². The molecular weight excluding hydrogens is 446 g/mol. The molecule has 31 heavy (non-hydrogen) atoms. The summed E-state index contributed by atoms with van der Waals surface area (Å²) in [5.41, 5.74) is 4.55. The van der Waals surface area contributed by atoms with Gasteiger partial charge in [-0.05, 0) is 43.3 Å². The van der Waals surface area contributed by atoms with Gasteiger partial charge in [-0.15, -0.1) is 22.7 Å². The topological polar surface area (TPSA) is 38.1 Å². The highest BCUT2D eigenvalue weighted by Gasteiger charge is 2.26. The summed E-state index contributed by atoms with van der Waals surface area (Å²) < 4.78 is 2.22. The summed E-state index contributed by atoms with van der Waals surface area (Å²) in [6.45, 7) is 4.46. The number of carbonyl (C=O) groups is 1. The van der Waals surface area contributed by atoms with Crippen molar-refractivity contribution in [2.24, 2.45) is 0 Å². The van der Waals surface area contributed by atoms with E-state index in [0.29, 0.717) is 5.02 Å². The Morgan fingerprint density at radius 1 is 1.13 bits per heavy atom. The van der Waals surface area contributed by atoms with Crippen molar-refractivity contribution in [2.75, 3.05) is 13.1 Å². The zero-order valence-corrected chi connectivity index (χ0v) is 19.6. The fourth-order valence-corrected chi connectivity index (χ4v) is 5.90. The molecule has 1 saturated heterocycles. The first-order chi connectivity index (χ1) is 15.1. The van der Waals surface area contributed by atoms with E-state index < -0.39 is 0 Å². The number of hydrogen-bond acceptors (Lipinski definition) is 4. The Morgan fingerprint density at radius 3 is 2.68 bits per heavy atom. The lowest BCUT2D eigenvalue weighted by atomic mass is 10.2. The number of thiazole rings is 1. The van der Waals surface area contributed by atoms with Gasteiger partial charge in [0.1, 0.15) is 5.01 Å². The van der Waals surface area contributed by atoms with Gasteiger partial charge in [0.05, 0.1) is 28.5 Å². The van der Waals surface area contributed by atoms with E-state index in [0.717, 1.165) is 65.7 Å². The predicted molar refractivity (Wildman–Crippen MR) is 129 cm³/mol. The number of amides is 1. The van der Waals surface area contributed by atoms with Gasteiger partial charge in [0.15, 0.2) is 0 Å². The lowest BCUT2D eigenvalue weighted by Crippen LogP contribution is -2.28. The van der Waals surface area contributed by atoms with Crippen LogP contribution in [0, 0.1) is 6.92 Å². The zero-order chi connectivity index (χ0) is 21.4. The van der Waals surface area contributed by atoms with E-state index in [1.807, 2.05) is 42.2 Å². The molecule has 0 saturated carbocycles. The monoisotopic (exact) mass is 467 g/mol. The average molecular weight is 468 g/mol. The first-order valence-electron chi connectivity index (χ1n) is 10.3. The highest BCUT2D eigenvalue weighted by Crippen LogP contribution is 2.35. The fraction of sp³-hybridized carbons (Fsp3) is 0.250. The maximum absolute atomic E-state index is 13.2. The Kier molecular flexibility index (Phi) is 5.69. The van der Waals surface area contributed by atoms with Gasteiger partial charge in [0, 0.05) is 34.6 Å². The van der Waals surface area contributed by atoms with Gasteiger partial charge in [-0.2, -0.15) is 0 Å². The van der Waals surface area contributed by atoms with Crippen LogP contribution in [0.25, 0.3) is 22.0 Å². The summed E-state index contributed by atoms with van der Waals surface area (Å²) in [6.07, 6.45) is 2.17. The average Bonchev–Trinajstić information content (AvgIpc) is 3.57. The molecule has 0 unspecified atom stereocenters. The fourth-order valence-electron chi connectivity index (χ4n) is 4.08. The number of thiophene rings is 1. The van der Waals surface area contributed by atoms with Crippen molar-refractivity contribution < 1.29 is 4.79 Å². The Morgan fingerprint density at radius 2 is 1.94 bits per heavy atom. The van der Waals surface area contributed by atoms with Crippen molar-refractivity contribution in [3.05, 3.63) is 74.4 Å². The van der Waals surface area contributed by atoms with Gasteiger partial charge in [-0.3, -0.25) is 4.79 Å². The van der Waals surface area contributed by atoms with Crippen LogP contribution < -0.4 is 0 Å². The largest absolute Gasteiger partial charge is 0.339 e. The third-order valence-corrected chi connectivity index (χ3v) is 7.82. The molecule has 1 aromatic carbocycles. The lowest BCUT2D eigenvalue weighted by molar-refractivity contribution is 0.0792. The second-order valence-corrected chi connectivity index (χ2v) is 10.0. The second kappa shape index (κ2) is 8.61. The van der Waals surface area contributed by atoms with Crippen LogP contribution >= 0.6 is 34.3 Å². The van der Waals surface area contributed by atoms with E-state index >= 15 is 0 Å². The number of hydrogen-bond donors (Lipinski definition) is 0. The van der Waals surface area contributed by atoms with E-state index in [-0.39, 0.29) is 5.91 Å². The van der Waals surface area contributed by atoms with Crippen LogP contribution in [0.4, 0.5) is 0 Å². The molecule has 1 aliphatic heterocycles. The van der Waals surface area contributed by atoms with Crippen molar-refractivity contribution in [3.8, 4) is 22.0 Å². The molecule has 7 heteroatoms. The minimum absolute atomic E-state index is 0.128. The smallest absolute Gasteiger partial charge is 0.255 e. The minimum atomic E-state index is 0.128. The normalized spacial score (nSPS) is 13.8. The molecule has 0 bridgehead atoms. The number of likely N-dealkylation sites (tertiary alicyclic amines) is 1. The molecule has 158 valence electrons. The Balaban J connectivity index is 1.58. The molecule has 0 N–H and O–H groups in total. The highest BCUT2D eigenvalue weighted by molar-refractivity contribution is 7.13. The Labute approximate surface area is 194 Å². The maximum atomic E-state index is 13.2. The Hall–Kier alpha value is -2.41. The van der Waals surface area contributed by atoms with Crippen molar-refractivity contribution in [2.45, 2.75) is 26.3 Å². The van der Waals surface area contributed by atoms with Crippen molar-refractivity contribution in [1.29, 1.82) is 0 Å². The van der Waals surface area contributed by atoms with Crippen LogP contribution in [0.1, 0.15) is 33.8 Å². The molecule has 1 amide bonds. The molecule has 0 atom stereocenters. The maximum Gasteiger partial charge on any atom is 0.255 e. The summed E-state index contributed by atoms with van der Waals surface area (Å²) in [4.78, 5) is 21.3. The summed E-state index contributed by atoms with van der Waals surface area (Å²) >= 11 is 9.70. The predicted octanol–water partition coefficient (Wildman–Crippen LogP) is 6.59. The van der Waals surface area contributed by atoms with Crippen LogP contribution in [-0.4, -0.2) is 33.4 Å². The van der Waals surface area contributed by atoms with Gasteiger partial charge in [0.2, 0.25) is 0 Å². The quantitative estimate of drug-likeness (QED) is 0.332. The van der Waals surface area contributed by atoms with Crippen molar-refractivity contribution in [1.82, 2.24) is 14.5 Å². The summed E-state index contributed by atoms with van der Waals surface area (Å²) in [6, 6.07) is 14.0. The third-order valence-electron chi connectivity index (χ3n) is 5.76. The summed E-state index contributed by atoms with van der Waals surface area (Å²) in [7, 11) is 0. The number of rotatable bonds is 5. The number of halogens is 1. The van der Waals surface area contributed by atoms with Gasteiger partial charge in [-0.25, -0.2) is 4.98 Å². The first kappa shape index (κ1) is 20.5. The third kappa shape index (κ3) is 3.95. The summed E-state index contributed by atoms with van der Waals surface area (Å²) in [5.74, 6) is 0.128. The van der Waals surface area contributed by atoms with Gasteiger partial charge in [0.25, 0.3) is 5.91 Å². The molecule has 0 spiro atoms. The van der Waals surface area contributed by atoms with E-state index in [1.54, 1.807) is 22.7 Å². The van der Waals surface area contributed by atoms with E-state index in [2.05, 4.69) is 27.5 Å². The lowest BCUT2D eigenvalue weighted by Gasteiger charge is -2.15. The molecule has 1 aliphatic rings. The zero-order valence-electron chi connectivity index (χ0n) is 17.2. The van der Waals surface area contributed by atoms with Crippen LogP contribution in [0.15, 0.2) is 53.2 Å². The molecule has 5 rings (SSSR count). The van der Waals surface area contributed by atoms with Crippen molar-refractivity contribution >= 4 is 40.2 Å². The van der Waals surface area contributed by atoms with E-state index in [9.17, 15) is 4.79 Å². The SMILES string of the molecule is Cc1c(C(=O)N2CCCC2)cc(-c2csc(-c3ccccc3Cl)n2)n1Cc1cccs1.